The van der Waals surface area contributed by atoms with Crippen molar-refractivity contribution in [2.24, 2.45) is 0 Å². The first-order valence-electron chi connectivity index (χ1n) is 9.45. The minimum absolute atomic E-state index is 0.162. The molecule has 0 amide bonds. The summed E-state index contributed by atoms with van der Waals surface area (Å²) >= 11 is 3.27. The highest BCUT2D eigenvalue weighted by atomic mass is 79.9. The van der Waals surface area contributed by atoms with Gasteiger partial charge in [-0.05, 0) is 28.8 Å². The van der Waals surface area contributed by atoms with Gasteiger partial charge < -0.3 is 9.84 Å². The maximum Gasteiger partial charge on any atom is 0.232 e. The minimum atomic E-state index is -3.61. The van der Waals surface area contributed by atoms with E-state index in [0.717, 1.165) is 11.1 Å². The summed E-state index contributed by atoms with van der Waals surface area (Å²) in [4.78, 5) is 0. The highest BCUT2D eigenvalue weighted by molar-refractivity contribution is 9.09. The van der Waals surface area contributed by atoms with Gasteiger partial charge in [0.15, 0.2) is 0 Å². The molecule has 0 radical (unpaired) electrons. The van der Waals surface area contributed by atoms with Crippen molar-refractivity contribution < 1.29 is 18.3 Å². The van der Waals surface area contributed by atoms with Crippen LogP contribution in [0.2, 0.25) is 0 Å². The molecular formula is C23H24BrNO4S. The highest BCUT2D eigenvalue weighted by Crippen LogP contribution is 2.35. The van der Waals surface area contributed by atoms with Gasteiger partial charge in [-0.3, -0.25) is 4.31 Å². The number of rotatable bonds is 9. The zero-order chi connectivity index (χ0) is 21.6. The third-order valence-corrected chi connectivity index (χ3v) is 6.33. The molecule has 0 saturated carbocycles. The van der Waals surface area contributed by atoms with Crippen molar-refractivity contribution in [3.05, 3.63) is 95.6 Å². The Labute approximate surface area is 186 Å². The molecule has 3 rings (SSSR count). The van der Waals surface area contributed by atoms with Gasteiger partial charge in [-0.25, -0.2) is 8.42 Å². The number of alkyl halides is 1. The number of aliphatic hydroxyl groups excluding tert-OH is 1. The van der Waals surface area contributed by atoms with Crippen molar-refractivity contribution >= 4 is 31.6 Å². The van der Waals surface area contributed by atoms with Gasteiger partial charge in [-0.15, -0.1) is 0 Å². The SMILES string of the molecule is CS(=O)(=O)N(Cc1ccccc1)c1cc([C@@H](O)CBr)ccc1OCc1ccccc1. The second-order valence-electron chi connectivity index (χ2n) is 6.93. The van der Waals surface area contributed by atoms with Crippen molar-refractivity contribution in [2.45, 2.75) is 19.3 Å². The number of benzene rings is 3. The molecule has 7 heteroatoms. The maximum atomic E-state index is 12.7. The van der Waals surface area contributed by atoms with Gasteiger partial charge in [-0.1, -0.05) is 82.7 Å². The molecule has 0 saturated heterocycles. The lowest BCUT2D eigenvalue weighted by Gasteiger charge is -2.26. The van der Waals surface area contributed by atoms with Crippen LogP contribution < -0.4 is 9.04 Å². The molecule has 0 heterocycles. The largest absolute Gasteiger partial charge is 0.487 e. The molecule has 0 aromatic heterocycles. The Morgan fingerprint density at radius 3 is 2.13 bits per heavy atom. The van der Waals surface area contributed by atoms with E-state index in [1.165, 1.54) is 10.6 Å². The standard InChI is InChI=1S/C23H24BrNO4S/c1-30(27,28)25(16-18-8-4-2-5-9-18)21-14-20(22(26)15-24)12-13-23(21)29-17-19-10-6-3-7-11-19/h2-14,22,26H,15-17H2,1H3/t22-/m0/s1. The Morgan fingerprint density at radius 2 is 1.57 bits per heavy atom. The van der Waals surface area contributed by atoms with Crippen LogP contribution in [-0.4, -0.2) is 25.1 Å². The van der Waals surface area contributed by atoms with Crippen LogP contribution in [0.3, 0.4) is 0 Å². The number of sulfonamides is 1. The van der Waals surface area contributed by atoms with E-state index in [2.05, 4.69) is 15.9 Å². The molecule has 0 aliphatic carbocycles. The van der Waals surface area contributed by atoms with E-state index < -0.39 is 16.1 Å². The number of aliphatic hydroxyl groups is 1. The van der Waals surface area contributed by atoms with Gasteiger partial charge in [0.05, 0.1) is 24.6 Å². The van der Waals surface area contributed by atoms with E-state index in [9.17, 15) is 13.5 Å². The van der Waals surface area contributed by atoms with Crippen LogP contribution in [0.15, 0.2) is 78.9 Å². The first-order chi connectivity index (χ1) is 14.4. The number of hydrogen-bond acceptors (Lipinski definition) is 4. The van der Waals surface area contributed by atoms with Crippen LogP contribution in [0.4, 0.5) is 5.69 Å². The van der Waals surface area contributed by atoms with E-state index >= 15 is 0 Å². The summed E-state index contributed by atoms with van der Waals surface area (Å²) in [6.07, 6.45) is 0.412. The fourth-order valence-corrected chi connectivity index (χ4v) is 4.27. The number of halogens is 1. The monoisotopic (exact) mass is 489 g/mol. The smallest absolute Gasteiger partial charge is 0.232 e. The molecule has 0 aliphatic rings. The molecule has 0 bridgehead atoms. The number of hydrogen-bond donors (Lipinski definition) is 1. The van der Waals surface area contributed by atoms with E-state index in [0.29, 0.717) is 28.9 Å². The lowest BCUT2D eigenvalue weighted by molar-refractivity contribution is 0.205. The molecule has 158 valence electrons. The summed E-state index contributed by atoms with van der Waals surface area (Å²) in [7, 11) is -3.61. The Balaban J connectivity index is 2.01. The van der Waals surface area contributed by atoms with Crippen molar-refractivity contribution in [1.29, 1.82) is 0 Å². The highest BCUT2D eigenvalue weighted by Gasteiger charge is 2.23. The van der Waals surface area contributed by atoms with Crippen LogP contribution in [0.1, 0.15) is 22.8 Å². The van der Waals surface area contributed by atoms with Crippen molar-refractivity contribution in [2.75, 3.05) is 15.9 Å². The first kappa shape index (κ1) is 22.3. The summed E-state index contributed by atoms with van der Waals surface area (Å²) in [6.45, 7) is 0.465. The molecule has 3 aromatic rings. The van der Waals surface area contributed by atoms with Crippen LogP contribution in [0.25, 0.3) is 0 Å². The van der Waals surface area contributed by atoms with Gasteiger partial charge in [-0.2, -0.15) is 0 Å². The van der Waals surface area contributed by atoms with Gasteiger partial charge in [0.25, 0.3) is 0 Å². The molecule has 0 unspecified atom stereocenters. The average molecular weight is 490 g/mol. The molecule has 0 spiro atoms. The third-order valence-electron chi connectivity index (χ3n) is 4.59. The van der Waals surface area contributed by atoms with Crippen LogP contribution in [0, 0.1) is 0 Å². The van der Waals surface area contributed by atoms with Gasteiger partial charge in [0.1, 0.15) is 12.4 Å². The molecule has 1 atom stereocenters. The fraction of sp³-hybridized carbons (Fsp3) is 0.217. The maximum absolute atomic E-state index is 12.7. The van der Waals surface area contributed by atoms with Gasteiger partial charge in [0.2, 0.25) is 10.0 Å². The average Bonchev–Trinajstić information content (AvgIpc) is 2.76. The van der Waals surface area contributed by atoms with Crippen molar-refractivity contribution in [3.63, 3.8) is 0 Å². The molecule has 5 nitrogen and oxygen atoms in total. The fourth-order valence-electron chi connectivity index (χ4n) is 3.01. The molecule has 1 N–H and O–H groups in total. The topological polar surface area (TPSA) is 66.8 Å². The summed E-state index contributed by atoms with van der Waals surface area (Å²) < 4.78 is 32.7. The van der Waals surface area contributed by atoms with Crippen LogP contribution in [-0.2, 0) is 23.2 Å². The first-order valence-corrected chi connectivity index (χ1v) is 12.4. The molecule has 30 heavy (non-hydrogen) atoms. The zero-order valence-electron chi connectivity index (χ0n) is 16.6. The predicted molar refractivity (Wildman–Crippen MR) is 123 cm³/mol. The lowest BCUT2D eigenvalue weighted by Crippen LogP contribution is -2.30. The molecule has 3 aromatic carbocycles. The summed E-state index contributed by atoms with van der Waals surface area (Å²) in [5.41, 5.74) is 2.83. The third kappa shape index (κ3) is 5.84. The number of ether oxygens (including phenoxy) is 1. The van der Waals surface area contributed by atoms with Crippen molar-refractivity contribution in [3.8, 4) is 5.75 Å². The van der Waals surface area contributed by atoms with Crippen molar-refractivity contribution in [1.82, 2.24) is 0 Å². The van der Waals surface area contributed by atoms with E-state index in [4.69, 9.17) is 4.74 Å². The van der Waals surface area contributed by atoms with Gasteiger partial charge >= 0.3 is 0 Å². The predicted octanol–water partition coefficient (Wildman–Crippen LogP) is 4.66. The Kier molecular flexibility index (Phi) is 7.53. The molecule has 0 aliphatic heterocycles. The minimum Gasteiger partial charge on any atom is -0.487 e. The van der Waals surface area contributed by atoms with Crippen LogP contribution >= 0.6 is 15.9 Å². The normalized spacial score (nSPS) is 12.4. The second-order valence-corrected chi connectivity index (χ2v) is 9.48. The Hall–Kier alpha value is -2.35. The Morgan fingerprint density at radius 1 is 0.967 bits per heavy atom. The summed E-state index contributed by atoms with van der Waals surface area (Å²) in [5, 5.41) is 10.6. The lowest BCUT2D eigenvalue weighted by atomic mass is 10.1. The number of nitrogens with zero attached hydrogens (tertiary/aromatic N) is 1. The van der Waals surface area contributed by atoms with Crippen LogP contribution in [0.5, 0.6) is 5.75 Å². The number of anilines is 1. The Bertz CT molecular complexity index is 1060. The summed E-state index contributed by atoms with van der Waals surface area (Å²) in [6, 6.07) is 24.2. The zero-order valence-corrected chi connectivity index (χ0v) is 19.0. The molecule has 0 fully saturated rings. The van der Waals surface area contributed by atoms with E-state index in [-0.39, 0.29) is 6.54 Å². The summed E-state index contributed by atoms with van der Waals surface area (Å²) in [5.74, 6) is 0.436. The second kappa shape index (κ2) is 10.1. The quantitative estimate of drug-likeness (QED) is 0.443. The van der Waals surface area contributed by atoms with E-state index in [1.54, 1.807) is 18.2 Å². The van der Waals surface area contributed by atoms with Gasteiger partial charge in [0, 0.05) is 5.33 Å². The van der Waals surface area contributed by atoms with E-state index in [1.807, 2.05) is 60.7 Å². The molecular weight excluding hydrogens is 466 g/mol.